The Hall–Kier alpha value is -1.55. The van der Waals surface area contributed by atoms with Gasteiger partial charge in [-0.3, -0.25) is 0 Å². The molecule has 0 aliphatic carbocycles. The summed E-state index contributed by atoms with van der Waals surface area (Å²) in [5.41, 5.74) is 2.55. The molecule has 0 spiro atoms. The van der Waals surface area contributed by atoms with E-state index in [4.69, 9.17) is 0 Å². The maximum atomic E-state index is 12.6. The molecule has 4 heteroatoms. The third kappa shape index (κ3) is 4.73. The zero-order chi connectivity index (χ0) is 17.9. The Morgan fingerprint density at radius 1 is 1.42 bits per heavy atom. The van der Waals surface area contributed by atoms with E-state index in [2.05, 4.69) is 57.3 Å². The van der Waals surface area contributed by atoms with Crippen LogP contribution in [0, 0.1) is 12.3 Å². The van der Waals surface area contributed by atoms with Gasteiger partial charge >= 0.3 is 6.03 Å². The van der Waals surface area contributed by atoms with E-state index in [9.17, 15) is 9.90 Å². The van der Waals surface area contributed by atoms with Crippen molar-refractivity contribution in [3.63, 3.8) is 0 Å². The maximum Gasteiger partial charge on any atom is 0.317 e. The molecule has 2 amide bonds. The van der Waals surface area contributed by atoms with Gasteiger partial charge in [0.15, 0.2) is 0 Å². The Balaban J connectivity index is 1.95. The highest BCUT2D eigenvalue weighted by Gasteiger charge is 2.34. The van der Waals surface area contributed by atoms with Crippen molar-refractivity contribution in [3.05, 3.63) is 35.4 Å². The summed E-state index contributed by atoms with van der Waals surface area (Å²) in [6, 6.07) is 8.72. The number of aliphatic hydroxyl groups is 1. The molecule has 4 nitrogen and oxygen atoms in total. The number of aryl methyl sites for hydroxylation is 1. The molecule has 2 rings (SSSR count). The Morgan fingerprint density at radius 2 is 2.08 bits per heavy atom. The van der Waals surface area contributed by atoms with E-state index in [0.29, 0.717) is 18.9 Å². The van der Waals surface area contributed by atoms with Crippen LogP contribution in [0.2, 0.25) is 0 Å². The summed E-state index contributed by atoms with van der Waals surface area (Å²) >= 11 is 0. The second-order valence-electron chi connectivity index (χ2n) is 8.17. The highest BCUT2D eigenvalue weighted by Crippen LogP contribution is 2.33. The average Bonchev–Trinajstić information content (AvgIpc) is 2.86. The summed E-state index contributed by atoms with van der Waals surface area (Å²) in [4.78, 5) is 14.6. The molecule has 0 bridgehead atoms. The lowest BCUT2D eigenvalue weighted by Gasteiger charge is -2.29. The molecule has 1 fully saturated rings. The summed E-state index contributed by atoms with van der Waals surface area (Å²) in [6.45, 7) is 11.6. The van der Waals surface area contributed by atoms with Crippen LogP contribution in [0.4, 0.5) is 4.79 Å². The molecular formula is C20H32N2O2. The first-order valence-corrected chi connectivity index (χ1v) is 8.97. The van der Waals surface area contributed by atoms with Gasteiger partial charge in [0.25, 0.3) is 0 Å². The second-order valence-corrected chi connectivity index (χ2v) is 8.17. The number of amides is 2. The van der Waals surface area contributed by atoms with Crippen LogP contribution in [0.15, 0.2) is 24.3 Å². The molecule has 2 N–H and O–H groups in total. The van der Waals surface area contributed by atoms with Crippen LogP contribution < -0.4 is 5.32 Å². The molecule has 1 saturated heterocycles. The number of nitrogens with zero attached hydrogens (tertiary/aromatic N) is 1. The van der Waals surface area contributed by atoms with Gasteiger partial charge in [0.05, 0.1) is 6.10 Å². The molecule has 3 atom stereocenters. The third-order valence-corrected chi connectivity index (χ3v) is 5.03. The summed E-state index contributed by atoms with van der Waals surface area (Å²) in [7, 11) is 0. The monoisotopic (exact) mass is 332 g/mol. The van der Waals surface area contributed by atoms with Crippen molar-refractivity contribution < 1.29 is 9.90 Å². The van der Waals surface area contributed by atoms with E-state index >= 15 is 0 Å². The smallest absolute Gasteiger partial charge is 0.317 e. The average molecular weight is 332 g/mol. The van der Waals surface area contributed by atoms with Gasteiger partial charge in [-0.1, -0.05) is 38.1 Å². The van der Waals surface area contributed by atoms with E-state index in [-0.39, 0.29) is 23.6 Å². The van der Waals surface area contributed by atoms with E-state index in [1.165, 1.54) is 11.1 Å². The number of urea groups is 1. The number of rotatable bonds is 5. The van der Waals surface area contributed by atoms with Crippen molar-refractivity contribution in [2.75, 3.05) is 13.1 Å². The fraction of sp³-hybridized carbons (Fsp3) is 0.650. The minimum Gasteiger partial charge on any atom is -0.393 e. The van der Waals surface area contributed by atoms with Crippen molar-refractivity contribution in [3.8, 4) is 0 Å². The number of hydrogen-bond acceptors (Lipinski definition) is 2. The van der Waals surface area contributed by atoms with Crippen LogP contribution >= 0.6 is 0 Å². The van der Waals surface area contributed by atoms with E-state index in [1.54, 1.807) is 6.92 Å². The molecule has 134 valence electrons. The largest absolute Gasteiger partial charge is 0.393 e. The normalized spacial score (nSPS) is 22.5. The molecule has 1 aliphatic heterocycles. The van der Waals surface area contributed by atoms with E-state index < -0.39 is 0 Å². The lowest BCUT2D eigenvalue weighted by molar-refractivity contribution is 0.126. The van der Waals surface area contributed by atoms with Gasteiger partial charge in [-0.2, -0.15) is 0 Å². The summed E-state index contributed by atoms with van der Waals surface area (Å²) in [6.07, 6.45) is 1.33. The van der Waals surface area contributed by atoms with Crippen molar-refractivity contribution in [2.45, 2.75) is 65.5 Å². The number of nitrogens with one attached hydrogen (secondary N) is 1. The minimum atomic E-state index is -0.354. The molecule has 0 radical (unpaired) electrons. The topological polar surface area (TPSA) is 52.6 Å². The summed E-state index contributed by atoms with van der Waals surface area (Å²) in [5, 5.41) is 12.6. The van der Waals surface area contributed by atoms with E-state index in [0.717, 1.165) is 13.0 Å². The molecule has 1 heterocycles. The van der Waals surface area contributed by atoms with Gasteiger partial charge in [-0.05, 0) is 50.2 Å². The standard InChI is InChI=1S/C20H32N2O2/c1-14-8-6-7-9-18(14)17-10-15(2)22(12-17)19(24)21-13-20(4,5)11-16(3)23/h6-9,15-17,23H,10-13H2,1-5H3,(H,21,24). The number of carbonyl (C=O) groups excluding carboxylic acids is 1. The number of hydrogen-bond donors (Lipinski definition) is 2. The number of aliphatic hydroxyl groups excluding tert-OH is 1. The van der Waals surface area contributed by atoms with Crippen molar-refractivity contribution in [2.24, 2.45) is 5.41 Å². The van der Waals surface area contributed by atoms with Gasteiger partial charge in [0, 0.05) is 25.0 Å². The Labute approximate surface area is 146 Å². The first-order chi connectivity index (χ1) is 11.2. The van der Waals surface area contributed by atoms with Gasteiger partial charge in [-0.15, -0.1) is 0 Å². The SMILES string of the molecule is Cc1ccccc1C1CC(C)N(C(=O)NCC(C)(C)CC(C)O)C1. The number of likely N-dealkylation sites (tertiary alicyclic amines) is 1. The van der Waals surface area contributed by atoms with Crippen molar-refractivity contribution in [1.29, 1.82) is 0 Å². The van der Waals surface area contributed by atoms with Gasteiger partial charge in [0.1, 0.15) is 0 Å². The highest BCUT2D eigenvalue weighted by atomic mass is 16.3. The lowest BCUT2D eigenvalue weighted by atomic mass is 9.87. The molecule has 0 saturated carbocycles. The van der Waals surface area contributed by atoms with Gasteiger partial charge in [0.2, 0.25) is 0 Å². The first-order valence-electron chi connectivity index (χ1n) is 8.97. The van der Waals surface area contributed by atoms with Crippen LogP contribution in [0.25, 0.3) is 0 Å². The molecule has 1 aromatic rings. The van der Waals surface area contributed by atoms with Crippen LogP contribution in [0.3, 0.4) is 0 Å². The summed E-state index contributed by atoms with van der Waals surface area (Å²) < 4.78 is 0. The highest BCUT2D eigenvalue weighted by molar-refractivity contribution is 5.75. The molecule has 0 aromatic heterocycles. The Kier molecular flexibility index (Phi) is 5.92. The molecule has 1 aromatic carbocycles. The van der Waals surface area contributed by atoms with Crippen LogP contribution in [-0.4, -0.2) is 41.3 Å². The zero-order valence-corrected chi connectivity index (χ0v) is 15.7. The first kappa shape index (κ1) is 18.8. The molecule has 3 unspecified atom stereocenters. The Bertz CT molecular complexity index is 569. The molecule has 1 aliphatic rings. The molecule has 24 heavy (non-hydrogen) atoms. The quantitative estimate of drug-likeness (QED) is 0.864. The fourth-order valence-corrected chi connectivity index (χ4v) is 3.87. The van der Waals surface area contributed by atoms with Gasteiger partial charge < -0.3 is 15.3 Å². The predicted molar refractivity (Wildman–Crippen MR) is 98.2 cm³/mol. The van der Waals surface area contributed by atoms with Crippen molar-refractivity contribution in [1.82, 2.24) is 10.2 Å². The Morgan fingerprint density at radius 3 is 2.71 bits per heavy atom. The lowest BCUT2D eigenvalue weighted by Crippen LogP contribution is -2.45. The second kappa shape index (κ2) is 7.56. The van der Waals surface area contributed by atoms with Gasteiger partial charge in [-0.25, -0.2) is 4.79 Å². The van der Waals surface area contributed by atoms with Crippen molar-refractivity contribution >= 4 is 6.03 Å². The van der Waals surface area contributed by atoms with E-state index in [1.807, 2.05) is 4.90 Å². The van der Waals surface area contributed by atoms with Crippen LogP contribution in [0.5, 0.6) is 0 Å². The fourth-order valence-electron chi connectivity index (χ4n) is 3.87. The summed E-state index contributed by atoms with van der Waals surface area (Å²) in [5.74, 6) is 0.414. The number of carbonyl (C=O) groups is 1. The minimum absolute atomic E-state index is 0.0113. The van der Waals surface area contributed by atoms with Crippen LogP contribution in [-0.2, 0) is 0 Å². The predicted octanol–water partition coefficient (Wildman–Crippen LogP) is 3.68. The molecular weight excluding hydrogens is 300 g/mol. The van der Waals surface area contributed by atoms with Crippen LogP contribution in [0.1, 0.15) is 57.6 Å². The number of benzene rings is 1. The third-order valence-electron chi connectivity index (χ3n) is 5.03. The zero-order valence-electron chi connectivity index (χ0n) is 15.7. The maximum absolute atomic E-state index is 12.6.